The van der Waals surface area contributed by atoms with Gasteiger partial charge in [-0.2, -0.15) is 0 Å². The van der Waals surface area contributed by atoms with Crippen molar-refractivity contribution in [2.75, 3.05) is 25.5 Å². The summed E-state index contributed by atoms with van der Waals surface area (Å²) in [4.78, 5) is 25.3. The van der Waals surface area contributed by atoms with Gasteiger partial charge in [-0.1, -0.05) is 12.1 Å². The molecule has 0 bridgehead atoms. The molecule has 0 heterocycles. The number of carbonyl (C=O) groups excluding carboxylic acids is 2. The molecule has 1 aromatic carbocycles. The molecule has 1 aromatic rings. The summed E-state index contributed by atoms with van der Waals surface area (Å²) in [6, 6.07) is 5.91. The van der Waals surface area contributed by atoms with Crippen molar-refractivity contribution in [3.63, 3.8) is 0 Å². The molecule has 0 fully saturated rings. The molecule has 0 radical (unpaired) electrons. The third-order valence-corrected chi connectivity index (χ3v) is 3.16. The van der Waals surface area contributed by atoms with E-state index in [-0.39, 0.29) is 30.9 Å². The van der Waals surface area contributed by atoms with Crippen LogP contribution in [0.25, 0.3) is 0 Å². The molecular formula is C16H25N3O2. The molecule has 2 amide bonds. The molecule has 0 unspecified atom stereocenters. The summed E-state index contributed by atoms with van der Waals surface area (Å²) in [6.45, 7) is 8.19. The lowest BCUT2D eigenvalue weighted by molar-refractivity contribution is -0.123. The molecule has 2 N–H and O–H groups in total. The Morgan fingerprint density at radius 3 is 2.38 bits per heavy atom. The molecule has 116 valence electrons. The van der Waals surface area contributed by atoms with Gasteiger partial charge in [-0.05, 0) is 51.9 Å². The highest BCUT2D eigenvalue weighted by Crippen LogP contribution is 2.17. The number of rotatable bonds is 6. The number of nitrogens with one attached hydrogen (secondary N) is 2. The van der Waals surface area contributed by atoms with Gasteiger partial charge in [-0.25, -0.2) is 0 Å². The third kappa shape index (κ3) is 5.95. The zero-order chi connectivity index (χ0) is 16.0. The Morgan fingerprint density at radius 1 is 1.14 bits per heavy atom. The van der Waals surface area contributed by atoms with Crippen molar-refractivity contribution in [1.82, 2.24) is 10.2 Å². The van der Waals surface area contributed by atoms with Crippen LogP contribution in [0.4, 0.5) is 5.69 Å². The highest BCUT2D eigenvalue weighted by atomic mass is 16.2. The topological polar surface area (TPSA) is 61.4 Å². The lowest BCUT2D eigenvalue weighted by atomic mass is 10.1. The van der Waals surface area contributed by atoms with Crippen molar-refractivity contribution in [3.8, 4) is 0 Å². The summed E-state index contributed by atoms with van der Waals surface area (Å²) in [5.41, 5.74) is 3.02. The van der Waals surface area contributed by atoms with Crippen molar-refractivity contribution in [3.05, 3.63) is 29.3 Å². The third-order valence-electron chi connectivity index (χ3n) is 3.16. The summed E-state index contributed by atoms with van der Waals surface area (Å²) in [7, 11) is 1.75. The summed E-state index contributed by atoms with van der Waals surface area (Å²) < 4.78 is 0. The first-order chi connectivity index (χ1) is 9.79. The first-order valence-electron chi connectivity index (χ1n) is 7.13. The Kier molecular flexibility index (Phi) is 6.37. The Morgan fingerprint density at radius 2 is 1.76 bits per heavy atom. The lowest BCUT2D eigenvalue weighted by Crippen LogP contribution is -2.41. The highest BCUT2D eigenvalue weighted by Gasteiger charge is 2.12. The Hall–Kier alpha value is -1.88. The van der Waals surface area contributed by atoms with Crippen LogP contribution >= 0.6 is 0 Å². The van der Waals surface area contributed by atoms with Crippen LogP contribution in [0.1, 0.15) is 25.0 Å². The number of hydrogen-bond donors (Lipinski definition) is 2. The van der Waals surface area contributed by atoms with Gasteiger partial charge in [0.15, 0.2) is 0 Å². The van der Waals surface area contributed by atoms with Crippen LogP contribution in [0.15, 0.2) is 18.2 Å². The minimum atomic E-state index is -0.122. The lowest BCUT2D eigenvalue weighted by Gasteiger charge is -2.17. The van der Waals surface area contributed by atoms with Crippen molar-refractivity contribution >= 4 is 17.5 Å². The SMILES string of the molecule is Cc1cccc(NC(=O)CN(C)CC(=O)NC(C)C)c1C. The molecule has 0 spiro atoms. The van der Waals surface area contributed by atoms with E-state index in [0.717, 1.165) is 16.8 Å². The second kappa shape index (κ2) is 7.78. The minimum absolute atomic E-state index is 0.0768. The molecule has 0 aliphatic rings. The van der Waals surface area contributed by atoms with Gasteiger partial charge in [-0.3, -0.25) is 14.5 Å². The van der Waals surface area contributed by atoms with Crippen molar-refractivity contribution in [2.24, 2.45) is 0 Å². The molecule has 21 heavy (non-hydrogen) atoms. The number of nitrogens with zero attached hydrogens (tertiary/aromatic N) is 1. The summed E-state index contributed by atoms with van der Waals surface area (Å²) in [5.74, 6) is -0.199. The van der Waals surface area contributed by atoms with Crippen molar-refractivity contribution in [1.29, 1.82) is 0 Å². The van der Waals surface area contributed by atoms with Gasteiger partial charge in [0.2, 0.25) is 11.8 Å². The predicted octanol–water partition coefficient (Wildman–Crippen LogP) is 1.70. The van der Waals surface area contributed by atoms with E-state index in [1.165, 1.54) is 0 Å². The summed E-state index contributed by atoms with van der Waals surface area (Å²) in [5, 5.41) is 5.68. The standard InChI is InChI=1S/C16H25N3O2/c1-11(2)17-15(20)9-19(5)10-16(21)18-14-8-6-7-12(3)13(14)4/h6-8,11H,9-10H2,1-5H3,(H,17,20)(H,18,21). The van der Waals surface area contributed by atoms with Crippen LogP contribution in [0.5, 0.6) is 0 Å². The van der Waals surface area contributed by atoms with Crippen molar-refractivity contribution < 1.29 is 9.59 Å². The molecule has 0 saturated carbocycles. The molecule has 0 aliphatic carbocycles. The van der Waals surface area contributed by atoms with Gasteiger partial charge in [0.25, 0.3) is 0 Å². The number of hydrogen-bond acceptors (Lipinski definition) is 3. The van der Waals surface area contributed by atoms with E-state index >= 15 is 0 Å². The second-order valence-corrected chi connectivity index (χ2v) is 5.69. The monoisotopic (exact) mass is 291 g/mol. The Labute approximate surface area is 126 Å². The number of aryl methyl sites for hydroxylation is 1. The van der Waals surface area contributed by atoms with Gasteiger partial charge in [-0.15, -0.1) is 0 Å². The van der Waals surface area contributed by atoms with Crippen LogP contribution in [-0.4, -0.2) is 42.9 Å². The van der Waals surface area contributed by atoms with Crippen molar-refractivity contribution in [2.45, 2.75) is 33.7 Å². The first kappa shape index (κ1) is 17.2. The average Bonchev–Trinajstić information content (AvgIpc) is 2.33. The maximum Gasteiger partial charge on any atom is 0.238 e. The largest absolute Gasteiger partial charge is 0.353 e. The highest BCUT2D eigenvalue weighted by molar-refractivity contribution is 5.93. The average molecular weight is 291 g/mol. The molecule has 1 rings (SSSR count). The van der Waals surface area contributed by atoms with Gasteiger partial charge < -0.3 is 10.6 Å². The fourth-order valence-corrected chi connectivity index (χ4v) is 1.99. The number of carbonyl (C=O) groups is 2. The second-order valence-electron chi connectivity index (χ2n) is 5.69. The molecule has 0 aliphatic heterocycles. The Bertz CT molecular complexity index is 512. The van der Waals surface area contributed by atoms with Gasteiger partial charge in [0.05, 0.1) is 13.1 Å². The number of anilines is 1. The molecule has 0 atom stereocenters. The molecule has 5 nitrogen and oxygen atoms in total. The minimum Gasteiger partial charge on any atom is -0.353 e. The van der Waals surface area contributed by atoms with Crippen LogP contribution in [0.3, 0.4) is 0 Å². The maximum absolute atomic E-state index is 12.0. The smallest absolute Gasteiger partial charge is 0.238 e. The molecule has 0 saturated heterocycles. The maximum atomic E-state index is 12.0. The van der Waals surface area contributed by atoms with Gasteiger partial charge in [0.1, 0.15) is 0 Å². The van der Waals surface area contributed by atoms with E-state index in [1.807, 2.05) is 45.9 Å². The van der Waals surface area contributed by atoms with E-state index in [4.69, 9.17) is 0 Å². The number of amides is 2. The quantitative estimate of drug-likeness (QED) is 0.838. The molecule has 0 aromatic heterocycles. The van der Waals surface area contributed by atoms with E-state index in [9.17, 15) is 9.59 Å². The number of benzene rings is 1. The van der Waals surface area contributed by atoms with Crippen LogP contribution < -0.4 is 10.6 Å². The van der Waals surface area contributed by atoms with Gasteiger partial charge in [0, 0.05) is 11.7 Å². The first-order valence-corrected chi connectivity index (χ1v) is 7.13. The van der Waals surface area contributed by atoms with Crippen LogP contribution in [0.2, 0.25) is 0 Å². The van der Waals surface area contributed by atoms with E-state index in [2.05, 4.69) is 10.6 Å². The van der Waals surface area contributed by atoms with Gasteiger partial charge >= 0.3 is 0 Å². The predicted molar refractivity (Wildman–Crippen MR) is 85.3 cm³/mol. The summed E-state index contributed by atoms with van der Waals surface area (Å²) >= 11 is 0. The van der Waals surface area contributed by atoms with E-state index < -0.39 is 0 Å². The zero-order valence-corrected chi connectivity index (χ0v) is 13.5. The summed E-state index contributed by atoms with van der Waals surface area (Å²) in [6.07, 6.45) is 0. The normalized spacial score (nSPS) is 10.8. The van der Waals surface area contributed by atoms with Crippen LogP contribution in [-0.2, 0) is 9.59 Å². The zero-order valence-electron chi connectivity index (χ0n) is 13.5. The van der Waals surface area contributed by atoms with E-state index in [1.54, 1.807) is 11.9 Å². The fourth-order valence-electron chi connectivity index (χ4n) is 1.99. The van der Waals surface area contributed by atoms with E-state index in [0.29, 0.717) is 0 Å². The Balaban J connectivity index is 2.50. The molecular weight excluding hydrogens is 266 g/mol. The van der Waals surface area contributed by atoms with Crippen LogP contribution in [0, 0.1) is 13.8 Å². The number of likely N-dealkylation sites (N-methyl/N-ethyl adjacent to an activating group) is 1. The molecule has 5 heteroatoms. The fraction of sp³-hybridized carbons (Fsp3) is 0.500.